The van der Waals surface area contributed by atoms with Gasteiger partial charge in [-0.25, -0.2) is 0 Å². The molecule has 0 aromatic carbocycles. The standard InChI is InChI=1S/C12H18O.C2H2/c1-5-7-8-10(3)9-12(13)11(4)6-2;1-2/h5-9,13H,1-4H3;1-2H/b7-5+,10-8-,11-6+,12-9+;. The monoisotopic (exact) mass is 204 g/mol. The van der Waals surface area contributed by atoms with Crippen molar-refractivity contribution in [3.8, 4) is 12.8 Å². The minimum atomic E-state index is 0.334. The predicted octanol–water partition coefficient (Wildman–Crippen LogP) is 4.17. The Morgan fingerprint density at radius 2 is 1.67 bits per heavy atom. The van der Waals surface area contributed by atoms with Crippen molar-refractivity contribution in [1.82, 2.24) is 0 Å². The fourth-order valence-electron chi connectivity index (χ4n) is 0.773. The van der Waals surface area contributed by atoms with Gasteiger partial charge in [0.05, 0.1) is 0 Å². The highest BCUT2D eigenvalue weighted by Gasteiger charge is 1.93. The fraction of sp³-hybridized carbons (Fsp3) is 0.286. The third kappa shape index (κ3) is 8.64. The topological polar surface area (TPSA) is 20.2 Å². The molecule has 15 heavy (non-hydrogen) atoms. The van der Waals surface area contributed by atoms with E-state index < -0.39 is 0 Å². The number of terminal acetylenes is 1. The van der Waals surface area contributed by atoms with E-state index in [0.717, 1.165) is 11.1 Å². The number of aliphatic hydroxyl groups is 1. The van der Waals surface area contributed by atoms with Gasteiger partial charge in [0.25, 0.3) is 0 Å². The number of hydrogen-bond donors (Lipinski definition) is 1. The molecule has 0 unspecified atom stereocenters. The smallest absolute Gasteiger partial charge is 0.118 e. The first-order valence-corrected chi connectivity index (χ1v) is 4.78. The molecule has 0 spiro atoms. The van der Waals surface area contributed by atoms with E-state index in [1.54, 1.807) is 6.08 Å². The molecule has 0 amide bonds. The van der Waals surface area contributed by atoms with Crippen LogP contribution in [0.25, 0.3) is 0 Å². The van der Waals surface area contributed by atoms with Crippen LogP contribution in [0, 0.1) is 12.8 Å². The lowest BCUT2D eigenvalue weighted by molar-refractivity contribution is 0.423. The van der Waals surface area contributed by atoms with Gasteiger partial charge >= 0.3 is 0 Å². The zero-order valence-electron chi connectivity index (χ0n) is 9.99. The normalized spacial score (nSPS) is 13.6. The first-order valence-electron chi connectivity index (χ1n) is 4.78. The van der Waals surface area contributed by atoms with Crippen molar-refractivity contribution >= 4 is 0 Å². The molecule has 1 nitrogen and oxygen atoms in total. The lowest BCUT2D eigenvalue weighted by atomic mass is 10.1. The van der Waals surface area contributed by atoms with E-state index in [2.05, 4.69) is 12.8 Å². The maximum Gasteiger partial charge on any atom is 0.118 e. The van der Waals surface area contributed by atoms with Gasteiger partial charge in [-0.3, -0.25) is 0 Å². The molecule has 0 aromatic rings. The molecule has 0 heterocycles. The molecule has 0 aliphatic heterocycles. The van der Waals surface area contributed by atoms with Gasteiger partial charge in [-0.15, -0.1) is 12.8 Å². The molecule has 0 aromatic heterocycles. The van der Waals surface area contributed by atoms with Crippen molar-refractivity contribution in [3.05, 3.63) is 47.3 Å². The average molecular weight is 204 g/mol. The quantitative estimate of drug-likeness (QED) is 0.415. The maximum atomic E-state index is 9.52. The lowest BCUT2D eigenvalue weighted by Crippen LogP contribution is -1.83. The first-order chi connectivity index (χ1) is 7.11. The zero-order chi connectivity index (χ0) is 12.3. The Kier molecular flexibility index (Phi) is 10.9. The summed E-state index contributed by atoms with van der Waals surface area (Å²) >= 11 is 0. The Morgan fingerprint density at radius 1 is 1.13 bits per heavy atom. The molecule has 0 saturated carbocycles. The Hall–Kier alpha value is -1.68. The molecule has 0 radical (unpaired) electrons. The van der Waals surface area contributed by atoms with Crippen molar-refractivity contribution in [2.45, 2.75) is 27.7 Å². The van der Waals surface area contributed by atoms with Gasteiger partial charge in [0, 0.05) is 0 Å². The minimum Gasteiger partial charge on any atom is -0.508 e. The Bertz CT molecular complexity index is 299. The van der Waals surface area contributed by atoms with Crippen molar-refractivity contribution in [2.75, 3.05) is 0 Å². The van der Waals surface area contributed by atoms with E-state index in [9.17, 15) is 5.11 Å². The molecular formula is C14H20O. The summed E-state index contributed by atoms with van der Waals surface area (Å²) in [5.74, 6) is 0.334. The van der Waals surface area contributed by atoms with Crippen LogP contribution in [0.15, 0.2) is 47.3 Å². The van der Waals surface area contributed by atoms with Crippen LogP contribution in [-0.2, 0) is 0 Å². The second-order valence-corrected chi connectivity index (χ2v) is 2.94. The zero-order valence-corrected chi connectivity index (χ0v) is 9.99. The molecule has 0 bridgehead atoms. The molecule has 0 rings (SSSR count). The van der Waals surface area contributed by atoms with Crippen LogP contribution in [0.2, 0.25) is 0 Å². The van der Waals surface area contributed by atoms with Crippen LogP contribution >= 0.6 is 0 Å². The van der Waals surface area contributed by atoms with Gasteiger partial charge in [0.15, 0.2) is 0 Å². The molecule has 0 aliphatic carbocycles. The second-order valence-electron chi connectivity index (χ2n) is 2.94. The summed E-state index contributed by atoms with van der Waals surface area (Å²) in [5, 5.41) is 9.52. The highest BCUT2D eigenvalue weighted by Crippen LogP contribution is 2.08. The Labute approximate surface area is 93.5 Å². The van der Waals surface area contributed by atoms with Gasteiger partial charge in [-0.1, -0.05) is 24.3 Å². The van der Waals surface area contributed by atoms with Crippen molar-refractivity contribution in [2.24, 2.45) is 0 Å². The summed E-state index contributed by atoms with van der Waals surface area (Å²) in [6.07, 6.45) is 17.5. The minimum absolute atomic E-state index is 0.334. The number of rotatable bonds is 3. The second kappa shape index (κ2) is 10.4. The van der Waals surface area contributed by atoms with E-state index in [-0.39, 0.29) is 0 Å². The van der Waals surface area contributed by atoms with Gasteiger partial charge in [-0.2, -0.15) is 0 Å². The average Bonchev–Trinajstić information content (AvgIpc) is 2.27. The van der Waals surface area contributed by atoms with Crippen LogP contribution in [0.5, 0.6) is 0 Å². The molecule has 0 saturated heterocycles. The summed E-state index contributed by atoms with van der Waals surface area (Å²) in [6, 6.07) is 0. The van der Waals surface area contributed by atoms with E-state index >= 15 is 0 Å². The molecule has 1 heteroatoms. The third-order valence-corrected chi connectivity index (χ3v) is 1.75. The van der Waals surface area contributed by atoms with Crippen LogP contribution in [0.3, 0.4) is 0 Å². The fourth-order valence-corrected chi connectivity index (χ4v) is 0.773. The SMILES string of the molecule is C#C.C/C=C/C=C(C)\C=C(O)/C(C)=C/C. The molecule has 82 valence electrons. The van der Waals surface area contributed by atoms with Crippen molar-refractivity contribution in [3.63, 3.8) is 0 Å². The summed E-state index contributed by atoms with van der Waals surface area (Å²) in [5.41, 5.74) is 1.94. The Morgan fingerprint density at radius 3 is 2.07 bits per heavy atom. The van der Waals surface area contributed by atoms with E-state index in [1.807, 2.05) is 52.0 Å². The molecule has 0 fully saturated rings. The Balaban J connectivity index is 0. The van der Waals surface area contributed by atoms with E-state index in [0.29, 0.717) is 5.76 Å². The van der Waals surface area contributed by atoms with E-state index in [4.69, 9.17) is 0 Å². The highest BCUT2D eigenvalue weighted by atomic mass is 16.3. The highest BCUT2D eigenvalue weighted by molar-refractivity contribution is 5.31. The summed E-state index contributed by atoms with van der Waals surface area (Å²) in [7, 11) is 0. The first kappa shape index (κ1) is 15.8. The van der Waals surface area contributed by atoms with Gasteiger partial charge < -0.3 is 5.11 Å². The third-order valence-electron chi connectivity index (χ3n) is 1.75. The van der Waals surface area contributed by atoms with Crippen LogP contribution in [-0.4, -0.2) is 5.11 Å². The summed E-state index contributed by atoms with van der Waals surface area (Å²) in [4.78, 5) is 0. The van der Waals surface area contributed by atoms with Crippen molar-refractivity contribution in [1.29, 1.82) is 0 Å². The molecule has 1 N–H and O–H groups in total. The lowest BCUT2D eigenvalue weighted by Gasteiger charge is -1.98. The van der Waals surface area contributed by atoms with Gasteiger partial charge in [0.2, 0.25) is 0 Å². The molecule has 0 aliphatic rings. The van der Waals surface area contributed by atoms with Gasteiger partial charge in [0.1, 0.15) is 5.76 Å². The van der Waals surface area contributed by atoms with Crippen LogP contribution < -0.4 is 0 Å². The molecular weight excluding hydrogens is 184 g/mol. The number of aliphatic hydroxyl groups excluding tert-OH is 1. The maximum absolute atomic E-state index is 9.52. The predicted molar refractivity (Wildman–Crippen MR) is 68.6 cm³/mol. The summed E-state index contributed by atoms with van der Waals surface area (Å²) in [6.45, 7) is 7.71. The van der Waals surface area contributed by atoms with Crippen LogP contribution in [0.1, 0.15) is 27.7 Å². The summed E-state index contributed by atoms with van der Waals surface area (Å²) < 4.78 is 0. The van der Waals surface area contributed by atoms with Crippen LogP contribution in [0.4, 0.5) is 0 Å². The number of allylic oxidation sites excluding steroid dienone is 7. The molecule has 0 atom stereocenters. The van der Waals surface area contributed by atoms with E-state index in [1.165, 1.54) is 0 Å². The van der Waals surface area contributed by atoms with Gasteiger partial charge in [-0.05, 0) is 44.9 Å². The van der Waals surface area contributed by atoms with Crippen molar-refractivity contribution < 1.29 is 5.11 Å². The number of hydrogen-bond acceptors (Lipinski definition) is 1. The largest absolute Gasteiger partial charge is 0.508 e.